The van der Waals surface area contributed by atoms with Crippen LogP contribution >= 0.6 is 0 Å². The maximum atomic E-state index is 12.4. The molecule has 0 spiro atoms. The zero-order chi connectivity index (χ0) is 13.2. The molecule has 0 aromatic heterocycles. The van der Waals surface area contributed by atoms with E-state index >= 15 is 0 Å². The molecule has 0 radical (unpaired) electrons. The molecule has 2 unspecified atom stereocenters. The third kappa shape index (κ3) is 2.47. The SMILES string of the molecule is Oc1ccc2c(c1)C1OCCN(CCC[18F])C1CC2. The van der Waals surface area contributed by atoms with Gasteiger partial charge in [0, 0.05) is 19.1 Å². The van der Waals surface area contributed by atoms with E-state index in [4.69, 9.17) is 4.74 Å². The van der Waals surface area contributed by atoms with Gasteiger partial charge in [0.05, 0.1) is 19.4 Å². The first-order valence-corrected chi connectivity index (χ1v) is 7.03. The van der Waals surface area contributed by atoms with E-state index in [1.807, 2.05) is 12.1 Å². The fourth-order valence-electron chi connectivity index (χ4n) is 3.32. The number of phenolic OH excluding ortho intramolecular Hbond substituents is 1. The summed E-state index contributed by atoms with van der Waals surface area (Å²) in [4.78, 5) is 2.35. The smallest absolute Gasteiger partial charge is 0.115 e. The van der Waals surface area contributed by atoms with E-state index in [0.717, 1.165) is 31.5 Å². The van der Waals surface area contributed by atoms with E-state index < -0.39 is 0 Å². The average molecular weight is 264 g/mol. The fraction of sp³-hybridized carbons (Fsp3) is 0.600. The first-order valence-electron chi connectivity index (χ1n) is 7.03. The van der Waals surface area contributed by atoms with E-state index in [1.54, 1.807) is 6.07 Å². The summed E-state index contributed by atoms with van der Waals surface area (Å²) in [6.45, 7) is 2.11. The van der Waals surface area contributed by atoms with Crippen LogP contribution < -0.4 is 0 Å². The van der Waals surface area contributed by atoms with Crippen LogP contribution in [0.3, 0.4) is 0 Å². The van der Waals surface area contributed by atoms with Gasteiger partial charge >= 0.3 is 0 Å². The zero-order valence-corrected chi connectivity index (χ0v) is 11.0. The Bertz CT molecular complexity index is 452. The van der Waals surface area contributed by atoms with E-state index in [0.29, 0.717) is 24.8 Å². The van der Waals surface area contributed by atoms with Crippen molar-refractivity contribution in [3.63, 3.8) is 0 Å². The molecule has 1 saturated heterocycles. The number of alkyl halides is 1. The Kier molecular flexibility index (Phi) is 3.71. The van der Waals surface area contributed by atoms with E-state index in [-0.39, 0.29) is 12.8 Å². The summed E-state index contributed by atoms with van der Waals surface area (Å²) in [5, 5.41) is 9.67. The van der Waals surface area contributed by atoms with Crippen molar-refractivity contribution in [3.05, 3.63) is 29.3 Å². The third-order valence-electron chi connectivity index (χ3n) is 4.22. The van der Waals surface area contributed by atoms with Crippen molar-refractivity contribution in [2.75, 3.05) is 26.4 Å². The third-order valence-corrected chi connectivity index (χ3v) is 4.22. The molecule has 1 aromatic carbocycles. The Morgan fingerprint density at radius 2 is 2.32 bits per heavy atom. The standard InChI is InChI=1S/C15H20FNO2/c16-6-1-7-17-8-9-19-15-13-10-12(18)4-2-11(13)3-5-14(15)17/h2,4,10,14-15,18H,1,3,5-9H2/i16-1. The molecule has 1 aliphatic carbocycles. The number of morpholine rings is 1. The summed E-state index contributed by atoms with van der Waals surface area (Å²) < 4.78 is 18.3. The molecule has 104 valence electrons. The topological polar surface area (TPSA) is 32.7 Å². The number of nitrogens with zero attached hydrogens (tertiary/aromatic N) is 1. The molecule has 0 saturated carbocycles. The molecule has 1 N–H and O–H groups in total. The van der Waals surface area contributed by atoms with Crippen LogP contribution in [0.15, 0.2) is 18.2 Å². The van der Waals surface area contributed by atoms with Crippen molar-refractivity contribution in [3.8, 4) is 5.75 Å². The second kappa shape index (κ2) is 5.47. The Hall–Kier alpha value is -1.13. The normalized spacial score (nSPS) is 26.8. The van der Waals surface area contributed by atoms with Gasteiger partial charge < -0.3 is 9.84 Å². The molecule has 1 aromatic rings. The summed E-state index contributed by atoms with van der Waals surface area (Å²) >= 11 is 0. The van der Waals surface area contributed by atoms with Gasteiger partial charge in [0.15, 0.2) is 0 Å². The summed E-state index contributed by atoms with van der Waals surface area (Å²) in [5.41, 5.74) is 2.38. The van der Waals surface area contributed by atoms with Gasteiger partial charge in [-0.05, 0) is 42.5 Å². The van der Waals surface area contributed by atoms with Crippen molar-refractivity contribution in [2.24, 2.45) is 0 Å². The summed E-state index contributed by atoms with van der Waals surface area (Å²) in [6.07, 6.45) is 2.68. The molecule has 0 amide bonds. The zero-order valence-electron chi connectivity index (χ0n) is 11.0. The first kappa shape index (κ1) is 12.9. The number of benzene rings is 1. The predicted molar refractivity (Wildman–Crippen MR) is 71.1 cm³/mol. The molecule has 3 nitrogen and oxygen atoms in total. The number of aryl methyl sites for hydroxylation is 1. The molecule has 1 fully saturated rings. The highest BCUT2D eigenvalue weighted by molar-refractivity contribution is 5.39. The van der Waals surface area contributed by atoms with Crippen LogP contribution in [0.2, 0.25) is 0 Å². The highest BCUT2D eigenvalue weighted by Crippen LogP contribution is 2.39. The predicted octanol–water partition coefficient (Wildman–Crippen LogP) is 2.44. The maximum absolute atomic E-state index is 12.4. The lowest BCUT2D eigenvalue weighted by Crippen LogP contribution is -2.49. The maximum Gasteiger partial charge on any atom is 0.115 e. The van der Waals surface area contributed by atoms with Crippen LogP contribution in [0.4, 0.5) is 4.39 Å². The van der Waals surface area contributed by atoms with Gasteiger partial charge in [-0.3, -0.25) is 9.29 Å². The minimum atomic E-state index is -0.258. The molecule has 3 rings (SSSR count). The molecule has 2 aliphatic rings. The summed E-state index contributed by atoms with van der Waals surface area (Å²) in [7, 11) is 0. The highest BCUT2D eigenvalue weighted by Gasteiger charge is 2.37. The van der Waals surface area contributed by atoms with Gasteiger partial charge in [-0.2, -0.15) is 0 Å². The number of aromatic hydroxyl groups is 1. The number of phenols is 1. The van der Waals surface area contributed by atoms with Gasteiger partial charge in [0.2, 0.25) is 0 Å². The lowest BCUT2D eigenvalue weighted by molar-refractivity contribution is -0.0808. The number of rotatable bonds is 3. The summed E-state index contributed by atoms with van der Waals surface area (Å²) in [6, 6.07) is 5.88. The van der Waals surface area contributed by atoms with E-state index in [2.05, 4.69) is 4.90 Å². The molecule has 0 bridgehead atoms. The average Bonchev–Trinajstić information content (AvgIpc) is 2.44. The van der Waals surface area contributed by atoms with Gasteiger partial charge in [-0.15, -0.1) is 0 Å². The Labute approximate surface area is 113 Å². The first-order chi connectivity index (χ1) is 9.29. The second-order valence-electron chi connectivity index (χ2n) is 5.36. The van der Waals surface area contributed by atoms with Crippen molar-refractivity contribution in [1.29, 1.82) is 0 Å². The second-order valence-corrected chi connectivity index (χ2v) is 5.36. The lowest BCUT2D eigenvalue weighted by atomic mass is 9.84. The monoisotopic (exact) mass is 264 g/mol. The molecule has 4 heteroatoms. The van der Waals surface area contributed by atoms with Crippen molar-refractivity contribution in [2.45, 2.75) is 31.4 Å². The highest BCUT2D eigenvalue weighted by atomic mass is 18.2. The molecular weight excluding hydrogens is 244 g/mol. The fourth-order valence-corrected chi connectivity index (χ4v) is 3.32. The number of halogens is 1. The number of hydrogen-bond acceptors (Lipinski definition) is 3. The molecule has 2 atom stereocenters. The number of fused-ring (bicyclic) bond motifs is 3. The van der Waals surface area contributed by atoms with Crippen LogP contribution in [-0.2, 0) is 11.2 Å². The number of ether oxygens (including phenoxy) is 1. The molecular formula is C15H20FNO2. The molecule has 1 heterocycles. The largest absolute Gasteiger partial charge is 0.508 e. The van der Waals surface area contributed by atoms with Crippen LogP contribution in [-0.4, -0.2) is 42.4 Å². The Morgan fingerprint density at radius 3 is 3.16 bits per heavy atom. The van der Waals surface area contributed by atoms with Gasteiger partial charge in [-0.25, -0.2) is 0 Å². The minimum absolute atomic E-state index is 0.0317. The van der Waals surface area contributed by atoms with Crippen molar-refractivity contribution < 1.29 is 14.2 Å². The van der Waals surface area contributed by atoms with Gasteiger partial charge in [-0.1, -0.05) is 6.07 Å². The molecule has 1 aliphatic heterocycles. The van der Waals surface area contributed by atoms with E-state index in [9.17, 15) is 9.50 Å². The van der Waals surface area contributed by atoms with Crippen molar-refractivity contribution >= 4 is 0 Å². The summed E-state index contributed by atoms with van der Waals surface area (Å²) in [5.74, 6) is 0.295. The Balaban J connectivity index is 1.84. The van der Waals surface area contributed by atoms with Crippen LogP contribution in [0.1, 0.15) is 30.1 Å². The molecule has 19 heavy (non-hydrogen) atoms. The quantitative estimate of drug-likeness (QED) is 0.910. The lowest BCUT2D eigenvalue weighted by Gasteiger charge is -2.44. The number of hydrogen-bond donors (Lipinski definition) is 1. The van der Waals surface area contributed by atoms with E-state index in [1.165, 1.54) is 5.56 Å². The Morgan fingerprint density at radius 1 is 1.42 bits per heavy atom. The van der Waals surface area contributed by atoms with Gasteiger partial charge in [0.1, 0.15) is 5.75 Å². The van der Waals surface area contributed by atoms with Crippen LogP contribution in [0, 0.1) is 0 Å². The minimum Gasteiger partial charge on any atom is -0.508 e. The van der Waals surface area contributed by atoms with Crippen molar-refractivity contribution in [1.82, 2.24) is 4.90 Å². The van der Waals surface area contributed by atoms with Crippen LogP contribution in [0.5, 0.6) is 5.75 Å². The van der Waals surface area contributed by atoms with Gasteiger partial charge in [0.25, 0.3) is 0 Å². The van der Waals surface area contributed by atoms with Crippen LogP contribution in [0.25, 0.3) is 0 Å².